The number of hydrogen-bond donors (Lipinski definition) is 0. The molecule has 0 heteroatoms. The zero-order chi connectivity index (χ0) is 24.4. The Morgan fingerprint density at radius 1 is 0.529 bits per heavy atom. The van der Waals surface area contributed by atoms with Gasteiger partial charge in [0.15, 0.2) is 0 Å². The summed E-state index contributed by atoms with van der Waals surface area (Å²) < 4.78 is 0. The van der Waals surface area contributed by atoms with Crippen molar-refractivity contribution in [3.63, 3.8) is 0 Å². The van der Waals surface area contributed by atoms with Crippen LogP contribution >= 0.6 is 0 Å². The van der Waals surface area contributed by atoms with Crippen LogP contribution in [0, 0.1) is 0 Å². The van der Waals surface area contributed by atoms with Crippen LogP contribution in [-0.2, 0) is 18.3 Å². The fraction of sp³-hybridized carbons (Fsp3) is 0.353. The second kappa shape index (κ2) is 12.6. The Bertz CT molecular complexity index is 991. The van der Waals surface area contributed by atoms with E-state index in [1.54, 1.807) is 0 Å². The average molecular weight is 451 g/mol. The first-order valence-electron chi connectivity index (χ1n) is 13.1. The van der Waals surface area contributed by atoms with E-state index in [2.05, 4.69) is 126 Å². The quantitative estimate of drug-likeness (QED) is 0.269. The van der Waals surface area contributed by atoms with Gasteiger partial charge in [-0.1, -0.05) is 132 Å². The Labute approximate surface area is 208 Å². The number of benzene rings is 3. The van der Waals surface area contributed by atoms with Crippen LogP contribution in [0.4, 0.5) is 0 Å². The highest BCUT2D eigenvalue weighted by Crippen LogP contribution is 2.26. The van der Waals surface area contributed by atoms with Gasteiger partial charge in [-0.3, -0.25) is 0 Å². The highest BCUT2D eigenvalue weighted by atomic mass is 14.2. The monoisotopic (exact) mass is 450 g/mol. The van der Waals surface area contributed by atoms with Gasteiger partial charge in [0.25, 0.3) is 0 Å². The fourth-order valence-electron chi connectivity index (χ4n) is 4.04. The van der Waals surface area contributed by atoms with Gasteiger partial charge < -0.3 is 0 Å². The molecule has 178 valence electrons. The second-order valence-corrected chi connectivity index (χ2v) is 10.5. The van der Waals surface area contributed by atoms with Crippen LogP contribution in [0.1, 0.15) is 99.2 Å². The highest BCUT2D eigenvalue weighted by molar-refractivity contribution is 5.75. The molecule has 0 aliphatic carbocycles. The van der Waals surface area contributed by atoms with Gasteiger partial charge in [0.2, 0.25) is 0 Å². The Balaban J connectivity index is 1.79. The smallest absolute Gasteiger partial charge is 0.0131 e. The normalized spacial score (nSPS) is 12.1. The molecule has 0 saturated carbocycles. The van der Waals surface area contributed by atoms with E-state index in [9.17, 15) is 0 Å². The molecule has 3 aromatic rings. The van der Waals surface area contributed by atoms with Gasteiger partial charge in [0.05, 0.1) is 0 Å². The molecular weight excluding hydrogens is 408 g/mol. The predicted octanol–water partition coefficient (Wildman–Crippen LogP) is 10.0. The third-order valence-electron chi connectivity index (χ3n) is 6.38. The summed E-state index contributed by atoms with van der Waals surface area (Å²) in [5.41, 5.74) is 9.32. The molecule has 0 nitrogen and oxygen atoms in total. The van der Waals surface area contributed by atoms with Crippen molar-refractivity contribution in [1.29, 1.82) is 0 Å². The molecule has 0 spiro atoms. The SMILES string of the molecule is CCCCc1ccc(/C=C\c2cc(/C=C/c3ccc(CCCC)cc3)cc(C(C)(C)C)c2)cc1. The summed E-state index contributed by atoms with van der Waals surface area (Å²) in [7, 11) is 0. The fourth-order valence-corrected chi connectivity index (χ4v) is 4.04. The lowest BCUT2D eigenvalue weighted by Crippen LogP contribution is -2.11. The molecule has 0 saturated heterocycles. The van der Waals surface area contributed by atoms with Crippen LogP contribution in [-0.4, -0.2) is 0 Å². The lowest BCUT2D eigenvalue weighted by Gasteiger charge is -2.20. The molecule has 3 aromatic carbocycles. The maximum Gasteiger partial charge on any atom is -0.0131 e. The molecule has 0 unspecified atom stereocenters. The molecule has 0 radical (unpaired) electrons. The standard InChI is InChI=1S/C34H42/c1-6-8-10-27-12-16-29(17-13-27)20-22-31-24-32(26-33(25-31)34(3,4)5)23-21-30-18-14-28(15-19-30)11-9-7-2/h12-26H,6-11H2,1-5H3/b22-20-,23-21+. The summed E-state index contributed by atoms with van der Waals surface area (Å²) in [5.74, 6) is 0. The van der Waals surface area contributed by atoms with Crippen molar-refractivity contribution in [1.82, 2.24) is 0 Å². The van der Waals surface area contributed by atoms with E-state index in [0.29, 0.717) is 0 Å². The van der Waals surface area contributed by atoms with E-state index in [1.165, 1.54) is 77.5 Å². The van der Waals surface area contributed by atoms with Crippen molar-refractivity contribution in [2.45, 2.75) is 78.6 Å². The topological polar surface area (TPSA) is 0 Å². The van der Waals surface area contributed by atoms with Crippen molar-refractivity contribution < 1.29 is 0 Å². The van der Waals surface area contributed by atoms with Crippen molar-refractivity contribution >= 4 is 24.3 Å². The first-order chi connectivity index (χ1) is 16.4. The molecule has 0 amide bonds. The van der Waals surface area contributed by atoms with Gasteiger partial charge in [0.1, 0.15) is 0 Å². The Kier molecular flexibility index (Phi) is 9.52. The zero-order valence-corrected chi connectivity index (χ0v) is 21.9. The van der Waals surface area contributed by atoms with Crippen molar-refractivity contribution in [2.24, 2.45) is 0 Å². The summed E-state index contributed by atoms with van der Waals surface area (Å²) in [6.45, 7) is 11.3. The molecule has 0 aromatic heterocycles. The summed E-state index contributed by atoms with van der Waals surface area (Å²) in [5, 5.41) is 0. The largest absolute Gasteiger partial charge is 0.0654 e. The summed E-state index contributed by atoms with van der Waals surface area (Å²) in [4.78, 5) is 0. The minimum Gasteiger partial charge on any atom is -0.0654 e. The average Bonchev–Trinajstić information content (AvgIpc) is 2.84. The van der Waals surface area contributed by atoms with Crippen molar-refractivity contribution in [2.75, 3.05) is 0 Å². The van der Waals surface area contributed by atoms with E-state index in [-0.39, 0.29) is 5.41 Å². The first-order valence-corrected chi connectivity index (χ1v) is 13.1. The highest BCUT2D eigenvalue weighted by Gasteiger charge is 2.14. The maximum atomic E-state index is 2.33. The number of rotatable bonds is 10. The lowest BCUT2D eigenvalue weighted by molar-refractivity contribution is 0.590. The summed E-state index contributed by atoms with van der Waals surface area (Å²) >= 11 is 0. The van der Waals surface area contributed by atoms with Gasteiger partial charge in [-0.15, -0.1) is 0 Å². The molecule has 0 fully saturated rings. The molecule has 0 N–H and O–H groups in total. The Morgan fingerprint density at radius 2 is 0.912 bits per heavy atom. The minimum atomic E-state index is 0.105. The minimum absolute atomic E-state index is 0.105. The molecule has 0 heterocycles. The van der Waals surface area contributed by atoms with Gasteiger partial charge in [-0.2, -0.15) is 0 Å². The molecule has 0 bridgehead atoms. The molecule has 0 aliphatic heterocycles. The van der Waals surface area contributed by atoms with Crippen LogP contribution in [0.3, 0.4) is 0 Å². The van der Waals surface area contributed by atoms with Crippen LogP contribution in [0.2, 0.25) is 0 Å². The Hall–Kier alpha value is -2.86. The third kappa shape index (κ3) is 8.17. The number of hydrogen-bond acceptors (Lipinski definition) is 0. The van der Waals surface area contributed by atoms with Gasteiger partial charge in [-0.05, 0) is 76.1 Å². The summed E-state index contributed by atoms with van der Waals surface area (Å²) in [6, 6.07) is 24.9. The van der Waals surface area contributed by atoms with E-state index in [4.69, 9.17) is 0 Å². The molecule has 34 heavy (non-hydrogen) atoms. The molecular formula is C34H42. The van der Waals surface area contributed by atoms with Gasteiger partial charge in [0, 0.05) is 0 Å². The van der Waals surface area contributed by atoms with E-state index in [1.807, 2.05) is 0 Å². The van der Waals surface area contributed by atoms with Gasteiger partial charge >= 0.3 is 0 Å². The van der Waals surface area contributed by atoms with Gasteiger partial charge in [-0.25, -0.2) is 0 Å². The number of unbranched alkanes of at least 4 members (excludes halogenated alkanes) is 2. The molecule has 0 aliphatic rings. The van der Waals surface area contributed by atoms with Crippen LogP contribution in [0.25, 0.3) is 24.3 Å². The Morgan fingerprint density at radius 3 is 1.26 bits per heavy atom. The van der Waals surface area contributed by atoms with Crippen molar-refractivity contribution in [3.8, 4) is 0 Å². The first kappa shape index (κ1) is 25.8. The van der Waals surface area contributed by atoms with E-state index < -0.39 is 0 Å². The van der Waals surface area contributed by atoms with E-state index >= 15 is 0 Å². The van der Waals surface area contributed by atoms with Crippen LogP contribution in [0.5, 0.6) is 0 Å². The van der Waals surface area contributed by atoms with Crippen LogP contribution < -0.4 is 0 Å². The maximum absolute atomic E-state index is 2.33. The zero-order valence-electron chi connectivity index (χ0n) is 21.9. The molecule has 3 rings (SSSR count). The number of aryl methyl sites for hydroxylation is 2. The van der Waals surface area contributed by atoms with Crippen LogP contribution in [0.15, 0.2) is 66.7 Å². The second-order valence-electron chi connectivity index (χ2n) is 10.5. The lowest BCUT2D eigenvalue weighted by atomic mass is 9.85. The third-order valence-corrected chi connectivity index (χ3v) is 6.38. The van der Waals surface area contributed by atoms with E-state index in [0.717, 1.165) is 0 Å². The van der Waals surface area contributed by atoms with Crippen molar-refractivity contribution in [3.05, 3.63) is 106 Å². The summed E-state index contributed by atoms with van der Waals surface area (Å²) in [6.07, 6.45) is 16.3. The molecule has 0 atom stereocenters. The predicted molar refractivity (Wildman–Crippen MR) is 153 cm³/mol.